The average molecular weight is 337 g/mol. The van der Waals surface area contributed by atoms with Crippen LogP contribution in [0.5, 0.6) is 0 Å². The minimum Gasteiger partial charge on any atom is -0.465 e. The Balaban J connectivity index is 1.90. The molecule has 0 spiro atoms. The molecule has 0 amide bonds. The van der Waals surface area contributed by atoms with Crippen molar-refractivity contribution < 1.29 is 9.53 Å². The number of aryl methyl sites for hydroxylation is 1. The van der Waals surface area contributed by atoms with Crippen LogP contribution in [-0.4, -0.2) is 33.1 Å². The predicted octanol–water partition coefficient (Wildman–Crippen LogP) is 3.07. The highest BCUT2D eigenvalue weighted by molar-refractivity contribution is 7.99. The van der Waals surface area contributed by atoms with E-state index in [4.69, 9.17) is 4.74 Å². The summed E-state index contributed by atoms with van der Waals surface area (Å²) in [5.41, 5.74) is 1.25. The molecule has 0 unspecified atom stereocenters. The Kier molecular flexibility index (Phi) is 6.33. The molecule has 22 heavy (non-hydrogen) atoms. The van der Waals surface area contributed by atoms with Crippen LogP contribution in [0.1, 0.15) is 18.3 Å². The van der Waals surface area contributed by atoms with Gasteiger partial charge in [-0.25, -0.2) is 0 Å². The molecule has 7 heteroatoms. The summed E-state index contributed by atoms with van der Waals surface area (Å²) in [6, 6.07) is 8.40. The first-order chi connectivity index (χ1) is 10.6. The molecule has 0 saturated carbocycles. The van der Waals surface area contributed by atoms with Crippen LogP contribution in [0.3, 0.4) is 0 Å². The van der Waals surface area contributed by atoms with Gasteiger partial charge < -0.3 is 9.30 Å². The number of carbonyl (C=O) groups is 1. The van der Waals surface area contributed by atoms with Gasteiger partial charge in [0.1, 0.15) is 5.82 Å². The molecule has 0 aliphatic heterocycles. The van der Waals surface area contributed by atoms with Crippen LogP contribution in [0.25, 0.3) is 0 Å². The normalized spacial score (nSPS) is 10.7. The third-order valence-electron chi connectivity index (χ3n) is 2.94. The van der Waals surface area contributed by atoms with Crippen molar-refractivity contribution in [3.05, 3.63) is 35.7 Å². The summed E-state index contributed by atoms with van der Waals surface area (Å²) < 4.78 is 6.83. The molecule has 5 nitrogen and oxygen atoms in total. The SMILES string of the molecule is CCOC(=O)CSc1nnc(CSc2ccc(C)cc2)n1C. The van der Waals surface area contributed by atoms with Crippen LogP contribution in [-0.2, 0) is 22.3 Å². The molecular weight excluding hydrogens is 318 g/mol. The molecular formula is C15H19N3O2S2. The highest BCUT2D eigenvalue weighted by Crippen LogP contribution is 2.24. The first-order valence-corrected chi connectivity index (χ1v) is 8.93. The molecule has 0 fully saturated rings. The first kappa shape index (κ1) is 16.9. The Morgan fingerprint density at radius 3 is 2.64 bits per heavy atom. The average Bonchev–Trinajstić information content (AvgIpc) is 2.85. The van der Waals surface area contributed by atoms with Crippen molar-refractivity contribution in [1.82, 2.24) is 14.8 Å². The van der Waals surface area contributed by atoms with Crippen LogP contribution in [0, 0.1) is 6.92 Å². The number of rotatable bonds is 7. The van der Waals surface area contributed by atoms with Gasteiger partial charge in [0, 0.05) is 11.9 Å². The fraction of sp³-hybridized carbons (Fsp3) is 0.400. The number of thioether (sulfide) groups is 2. The van der Waals surface area contributed by atoms with Gasteiger partial charge in [0.15, 0.2) is 5.16 Å². The lowest BCUT2D eigenvalue weighted by atomic mass is 10.2. The number of esters is 1. The van der Waals surface area contributed by atoms with Crippen molar-refractivity contribution >= 4 is 29.5 Å². The summed E-state index contributed by atoms with van der Waals surface area (Å²) in [4.78, 5) is 12.6. The molecule has 0 N–H and O–H groups in total. The minimum absolute atomic E-state index is 0.230. The van der Waals surface area contributed by atoms with Crippen molar-refractivity contribution in [2.75, 3.05) is 12.4 Å². The van der Waals surface area contributed by atoms with Gasteiger partial charge in [0.2, 0.25) is 0 Å². The van der Waals surface area contributed by atoms with Crippen molar-refractivity contribution in [3.63, 3.8) is 0 Å². The summed E-state index contributed by atoms with van der Waals surface area (Å²) in [7, 11) is 1.92. The third kappa shape index (κ3) is 4.78. The molecule has 1 aromatic heterocycles. The van der Waals surface area contributed by atoms with Gasteiger partial charge in [-0.3, -0.25) is 4.79 Å². The van der Waals surface area contributed by atoms with Crippen molar-refractivity contribution in [2.24, 2.45) is 7.05 Å². The van der Waals surface area contributed by atoms with Gasteiger partial charge in [0.05, 0.1) is 18.1 Å². The first-order valence-electron chi connectivity index (χ1n) is 6.96. The van der Waals surface area contributed by atoms with Gasteiger partial charge >= 0.3 is 5.97 Å². The molecule has 118 valence electrons. The number of aromatic nitrogens is 3. The Labute approximate surface area is 138 Å². The number of ether oxygens (including phenoxy) is 1. The zero-order valence-electron chi connectivity index (χ0n) is 12.9. The van der Waals surface area contributed by atoms with Crippen LogP contribution >= 0.6 is 23.5 Å². The molecule has 1 aromatic carbocycles. The van der Waals surface area contributed by atoms with E-state index in [9.17, 15) is 4.79 Å². The molecule has 0 bridgehead atoms. The monoisotopic (exact) mass is 337 g/mol. The largest absolute Gasteiger partial charge is 0.465 e. The van der Waals surface area contributed by atoms with E-state index in [0.29, 0.717) is 6.61 Å². The third-order valence-corrected chi connectivity index (χ3v) is 4.94. The van der Waals surface area contributed by atoms with E-state index in [1.807, 2.05) is 11.6 Å². The molecule has 2 rings (SSSR count). The van der Waals surface area contributed by atoms with Crippen LogP contribution in [0.4, 0.5) is 0 Å². The molecule has 2 aromatic rings. The van der Waals surface area contributed by atoms with Crippen LogP contribution in [0.2, 0.25) is 0 Å². The van der Waals surface area contributed by atoms with Gasteiger partial charge in [-0.15, -0.1) is 22.0 Å². The number of benzene rings is 1. The second-order valence-corrected chi connectivity index (χ2v) is 6.64. The second kappa shape index (κ2) is 8.24. The van der Waals surface area contributed by atoms with Crippen molar-refractivity contribution in [2.45, 2.75) is 29.7 Å². The van der Waals surface area contributed by atoms with Gasteiger partial charge in [0.25, 0.3) is 0 Å². The van der Waals surface area contributed by atoms with Crippen LogP contribution < -0.4 is 0 Å². The Hall–Kier alpha value is -1.47. The zero-order valence-corrected chi connectivity index (χ0v) is 14.5. The standard InChI is InChI=1S/C15H19N3O2S2/c1-4-20-14(19)10-22-15-17-16-13(18(15)3)9-21-12-7-5-11(2)6-8-12/h5-8H,4,9-10H2,1-3H3. The Morgan fingerprint density at radius 1 is 1.23 bits per heavy atom. The fourth-order valence-corrected chi connectivity index (χ4v) is 3.31. The highest BCUT2D eigenvalue weighted by Gasteiger charge is 2.12. The van der Waals surface area contributed by atoms with E-state index in [1.54, 1.807) is 18.7 Å². The summed E-state index contributed by atoms with van der Waals surface area (Å²) in [5, 5.41) is 9.05. The van der Waals surface area contributed by atoms with Gasteiger partial charge in [-0.05, 0) is 26.0 Å². The van der Waals surface area contributed by atoms with E-state index in [2.05, 4.69) is 41.4 Å². The quantitative estimate of drug-likeness (QED) is 0.572. The zero-order chi connectivity index (χ0) is 15.9. The molecule has 0 radical (unpaired) electrons. The smallest absolute Gasteiger partial charge is 0.316 e. The lowest BCUT2D eigenvalue weighted by molar-refractivity contribution is -0.139. The Morgan fingerprint density at radius 2 is 1.95 bits per heavy atom. The topological polar surface area (TPSA) is 57.0 Å². The van der Waals surface area contributed by atoms with E-state index >= 15 is 0 Å². The van der Waals surface area contributed by atoms with E-state index < -0.39 is 0 Å². The van der Waals surface area contributed by atoms with Gasteiger partial charge in [-0.1, -0.05) is 29.5 Å². The maximum absolute atomic E-state index is 11.4. The van der Waals surface area contributed by atoms with E-state index in [0.717, 1.165) is 16.7 Å². The van der Waals surface area contributed by atoms with Crippen molar-refractivity contribution in [1.29, 1.82) is 0 Å². The van der Waals surface area contributed by atoms with Gasteiger partial charge in [-0.2, -0.15) is 0 Å². The lowest BCUT2D eigenvalue weighted by Gasteiger charge is -2.04. The highest BCUT2D eigenvalue weighted by atomic mass is 32.2. The molecule has 0 aliphatic carbocycles. The minimum atomic E-state index is -0.230. The summed E-state index contributed by atoms with van der Waals surface area (Å²) >= 11 is 3.06. The summed E-state index contributed by atoms with van der Waals surface area (Å²) in [6.07, 6.45) is 0. The molecule has 0 atom stereocenters. The number of carbonyl (C=O) groups excluding carboxylic acids is 1. The molecule has 0 aliphatic rings. The maximum Gasteiger partial charge on any atom is 0.316 e. The van der Waals surface area contributed by atoms with E-state index in [1.165, 1.54) is 22.2 Å². The summed E-state index contributed by atoms with van der Waals surface area (Å²) in [5.74, 6) is 1.65. The number of nitrogens with zero attached hydrogens (tertiary/aromatic N) is 3. The molecule has 0 saturated heterocycles. The summed E-state index contributed by atoms with van der Waals surface area (Å²) in [6.45, 7) is 4.27. The number of hydrogen-bond donors (Lipinski definition) is 0. The number of hydrogen-bond acceptors (Lipinski definition) is 6. The molecule has 1 heterocycles. The second-order valence-electron chi connectivity index (χ2n) is 4.65. The van der Waals surface area contributed by atoms with Crippen molar-refractivity contribution in [3.8, 4) is 0 Å². The maximum atomic E-state index is 11.4. The van der Waals surface area contributed by atoms with E-state index in [-0.39, 0.29) is 11.7 Å². The van der Waals surface area contributed by atoms with Crippen LogP contribution in [0.15, 0.2) is 34.3 Å². The Bertz CT molecular complexity index is 626. The lowest BCUT2D eigenvalue weighted by Crippen LogP contribution is -2.07. The fourth-order valence-electron chi connectivity index (χ4n) is 1.70. The predicted molar refractivity (Wildman–Crippen MR) is 89.1 cm³/mol.